The second kappa shape index (κ2) is 4.91. The Morgan fingerprint density at radius 2 is 2.00 bits per heavy atom. The minimum absolute atomic E-state index is 0.0913. The highest BCUT2D eigenvalue weighted by Crippen LogP contribution is 2.13. The first-order valence-corrected chi connectivity index (χ1v) is 3.73. The molecular weight excluding hydrogens is 136 g/mol. The number of allylic oxidation sites excluding steroid dienone is 3. The maximum atomic E-state index is 8.98. The highest BCUT2D eigenvalue weighted by atomic mass is 16.3. The van der Waals surface area contributed by atoms with Crippen LogP contribution in [0.25, 0.3) is 0 Å². The molecule has 62 valence electrons. The van der Waals surface area contributed by atoms with Gasteiger partial charge in [0, 0.05) is 0 Å². The molecule has 0 heterocycles. The van der Waals surface area contributed by atoms with Gasteiger partial charge in [0.05, 0.1) is 6.61 Å². The minimum atomic E-state index is 0.0913. The standard InChI is InChI=1S/C10H16O/c1-5-8(3)10(7-11)9(4)6-2/h5-6,11H,1,7H2,2-4H3/b9-6-,10-8-. The molecule has 0 rings (SSSR count). The molecule has 0 aliphatic heterocycles. The van der Waals surface area contributed by atoms with Gasteiger partial charge >= 0.3 is 0 Å². The molecule has 0 radical (unpaired) electrons. The zero-order valence-electron chi connectivity index (χ0n) is 7.52. The van der Waals surface area contributed by atoms with Gasteiger partial charge in [-0.1, -0.05) is 18.7 Å². The molecule has 0 aromatic carbocycles. The second-order valence-corrected chi connectivity index (χ2v) is 2.50. The van der Waals surface area contributed by atoms with E-state index in [1.807, 2.05) is 26.8 Å². The van der Waals surface area contributed by atoms with E-state index in [4.69, 9.17) is 5.11 Å². The molecule has 1 N–H and O–H groups in total. The highest BCUT2D eigenvalue weighted by molar-refractivity contribution is 5.37. The van der Waals surface area contributed by atoms with Crippen molar-refractivity contribution in [2.75, 3.05) is 6.61 Å². The average molecular weight is 152 g/mol. The monoisotopic (exact) mass is 152 g/mol. The summed E-state index contributed by atoms with van der Waals surface area (Å²) in [5.74, 6) is 0. The van der Waals surface area contributed by atoms with Crippen molar-refractivity contribution in [2.24, 2.45) is 0 Å². The first-order valence-electron chi connectivity index (χ1n) is 3.73. The van der Waals surface area contributed by atoms with E-state index in [0.717, 1.165) is 16.7 Å². The van der Waals surface area contributed by atoms with Gasteiger partial charge < -0.3 is 5.11 Å². The number of rotatable bonds is 3. The van der Waals surface area contributed by atoms with Gasteiger partial charge in [0.15, 0.2) is 0 Å². The normalized spacial score (nSPS) is 14.4. The van der Waals surface area contributed by atoms with Crippen LogP contribution in [-0.4, -0.2) is 11.7 Å². The SMILES string of the molecule is C=C/C(C)=C(CO)\C(C)=C/C. The Bertz CT molecular complexity index is 197. The van der Waals surface area contributed by atoms with Crippen LogP contribution < -0.4 is 0 Å². The minimum Gasteiger partial charge on any atom is -0.392 e. The number of hydrogen-bond donors (Lipinski definition) is 1. The molecule has 0 unspecified atom stereocenters. The Morgan fingerprint density at radius 1 is 1.45 bits per heavy atom. The third-order valence-electron chi connectivity index (χ3n) is 1.85. The van der Waals surface area contributed by atoms with E-state index < -0.39 is 0 Å². The quantitative estimate of drug-likeness (QED) is 0.616. The van der Waals surface area contributed by atoms with Crippen LogP contribution in [0.15, 0.2) is 35.5 Å². The molecular formula is C10H16O. The van der Waals surface area contributed by atoms with Gasteiger partial charge in [0.2, 0.25) is 0 Å². The molecule has 0 aromatic heterocycles. The fraction of sp³-hybridized carbons (Fsp3) is 0.400. The van der Waals surface area contributed by atoms with Crippen LogP contribution in [0.4, 0.5) is 0 Å². The molecule has 1 heteroatoms. The van der Waals surface area contributed by atoms with Crippen molar-refractivity contribution in [3.8, 4) is 0 Å². The van der Waals surface area contributed by atoms with E-state index in [9.17, 15) is 0 Å². The van der Waals surface area contributed by atoms with Gasteiger partial charge in [-0.15, -0.1) is 0 Å². The lowest BCUT2D eigenvalue weighted by molar-refractivity contribution is 0.332. The van der Waals surface area contributed by atoms with E-state index in [-0.39, 0.29) is 6.61 Å². The summed E-state index contributed by atoms with van der Waals surface area (Å²) in [6.45, 7) is 9.64. The molecule has 0 fully saturated rings. The summed E-state index contributed by atoms with van der Waals surface area (Å²) in [5.41, 5.74) is 3.13. The van der Waals surface area contributed by atoms with Gasteiger partial charge in [-0.2, -0.15) is 0 Å². The predicted molar refractivity (Wildman–Crippen MR) is 49.4 cm³/mol. The number of hydrogen-bond acceptors (Lipinski definition) is 1. The Kier molecular flexibility index (Phi) is 4.55. The van der Waals surface area contributed by atoms with Crippen molar-refractivity contribution in [1.29, 1.82) is 0 Å². The lowest BCUT2D eigenvalue weighted by Crippen LogP contribution is -1.94. The zero-order valence-corrected chi connectivity index (χ0v) is 7.52. The topological polar surface area (TPSA) is 20.2 Å². The second-order valence-electron chi connectivity index (χ2n) is 2.50. The van der Waals surface area contributed by atoms with E-state index in [0.29, 0.717) is 0 Å². The largest absolute Gasteiger partial charge is 0.392 e. The van der Waals surface area contributed by atoms with Gasteiger partial charge in [-0.25, -0.2) is 0 Å². The summed E-state index contributed by atoms with van der Waals surface area (Å²) in [7, 11) is 0. The van der Waals surface area contributed by atoms with E-state index >= 15 is 0 Å². The average Bonchev–Trinajstić information content (AvgIpc) is 2.05. The summed E-state index contributed by atoms with van der Waals surface area (Å²) < 4.78 is 0. The molecule has 0 aromatic rings. The lowest BCUT2D eigenvalue weighted by Gasteiger charge is -2.06. The molecule has 0 saturated carbocycles. The van der Waals surface area contributed by atoms with Crippen molar-refractivity contribution in [3.63, 3.8) is 0 Å². The smallest absolute Gasteiger partial charge is 0.0686 e. The van der Waals surface area contributed by atoms with Gasteiger partial charge in [-0.3, -0.25) is 0 Å². The van der Waals surface area contributed by atoms with E-state index in [2.05, 4.69) is 6.58 Å². The molecule has 0 spiro atoms. The fourth-order valence-electron chi connectivity index (χ4n) is 0.858. The molecule has 1 nitrogen and oxygen atoms in total. The molecule has 0 amide bonds. The first-order chi connectivity index (χ1) is 5.17. The van der Waals surface area contributed by atoms with Crippen molar-refractivity contribution in [2.45, 2.75) is 20.8 Å². The van der Waals surface area contributed by atoms with Crippen molar-refractivity contribution in [3.05, 3.63) is 35.5 Å². The van der Waals surface area contributed by atoms with E-state index in [1.54, 1.807) is 6.08 Å². The van der Waals surface area contributed by atoms with Crippen molar-refractivity contribution >= 4 is 0 Å². The molecule has 11 heavy (non-hydrogen) atoms. The van der Waals surface area contributed by atoms with Gasteiger partial charge in [-0.05, 0) is 37.5 Å². The molecule has 0 atom stereocenters. The van der Waals surface area contributed by atoms with Crippen molar-refractivity contribution in [1.82, 2.24) is 0 Å². The van der Waals surface area contributed by atoms with Crippen LogP contribution in [0.3, 0.4) is 0 Å². The Labute approximate surface area is 68.7 Å². The van der Waals surface area contributed by atoms with Crippen LogP contribution in [0.5, 0.6) is 0 Å². The maximum absolute atomic E-state index is 8.98. The third-order valence-corrected chi connectivity index (χ3v) is 1.85. The summed E-state index contributed by atoms with van der Waals surface area (Å²) >= 11 is 0. The third kappa shape index (κ3) is 2.72. The summed E-state index contributed by atoms with van der Waals surface area (Å²) in [4.78, 5) is 0. The Morgan fingerprint density at radius 3 is 2.27 bits per heavy atom. The molecule has 0 bridgehead atoms. The molecule has 0 aliphatic rings. The fourth-order valence-corrected chi connectivity index (χ4v) is 0.858. The van der Waals surface area contributed by atoms with Crippen LogP contribution in [0, 0.1) is 0 Å². The highest BCUT2D eigenvalue weighted by Gasteiger charge is 1.99. The van der Waals surface area contributed by atoms with Crippen LogP contribution >= 0.6 is 0 Å². The van der Waals surface area contributed by atoms with Gasteiger partial charge in [0.25, 0.3) is 0 Å². The summed E-state index contributed by atoms with van der Waals surface area (Å²) in [6.07, 6.45) is 3.75. The Hall–Kier alpha value is -0.820. The van der Waals surface area contributed by atoms with Crippen molar-refractivity contribution < 1.29 is 5.11 Å². The van der Waals surface area contributed by atoms with Crippen LogP contribution in [0.2, 0.25) is 0 Å². The Balaban J connectivity index is 4.79. The van der Waals surface area contributed by atoms with Crippen LogP contribution in [-0.2, 0) is 0 Å². The van der Waals surface area contributed by atoms with E-state index in [1.165, 1.54) is 0 Å². The first kappa shape index (κ1) is 10.2. The zero-order chi connectivity index (χ0) is 8.85. The molecule has 0 saturated heterocycles. The summed E-state index contributed by atoms with van der Waals surface area (Å²) in [5, 5.41) is 8.98. The number of aliphatic hydroxyl groups excluding tert-OH is 1. The maximum Gasteiger partial charge on any atom is 0.0686 e. The molecule has 0 aliphatic carbocycles. The van der Waals surface area contributed by atoms with Crippen LogP contribution in [0.1, 0.15) is 20.8 Å². The summed E-state index contributed by atoms with van der Waals surface area (Å²) in [6, 6.07) is 0. The predicted octanol–water partition coefficient (Wildman–Crippen LogP) is 2.45. The van der Waals surface area contributed by atoms with Gasteiger partial charge in [0.1, 0.15) is 0 Å². The lowest BCUT2D eigenvalue weighted by atomic mass is 10.0. The number of aliphatic hydroxyl groups is 1.